The number of fused-ring (bicyclic) bond motifs is 2. The fourth-order valence-electron chi connectivity index (χ4n) is 3.20. The molecule has 0 amide bonds. The van der Waals surface area contributed by atoms with Gasteiger partial charge < -0.3 is 9.47 Å². The lowest BCUT2D eigenvalue weighted by molar-refractivity contribution is 0.0962. The molecule has 1 aliphatic rings. The van der Waals surface area contributed by atoms with Crippen LogP contribution in [0, 0.1) is 0 Å². The average Bonchev–Trinajstić information content (AvgIpc) is 3.06. The number of hydrogen-bond acceptors (Lipinski definition) is 6. The fourth-order valence-corrected chi connectivity index (χ4v) is 3.20. The molecule has 24 heavy (non-hydrogen) atoms. The Morgan fingerprint density at radius 1 is 1.21 bits per heavy atom. The lowest BCUT2D eigenvalue weighted by atomic mass is 9.82. The van der Waals surface area contributed by atoms with Crippen LogP contribution in [-0.4, -0.2) is 39.6 Å². The first-order chi connectivity index (χ1) is 11.7. The number of Topliss-reactive ketones (excluding diaryl/α,β-unsaturated/α-hetero) is 1. The van der Waals surface area contributed by atoms with E-state index in [0.29, 0.717) is 24.2 Å². The minimum Gasteiger partial charge on any atom is -0.497 e. The number of carbonyl (C=O) groups excluding carboxylic acids is 1. The fraction of sp³-hybridized carbons (Fsp3) is 0.294. The third-order valence-corrected chi connectivity index (χ3v) is 4.40. The lowest BCUT2D eigenvalue weighted by Gasteiger charge is -2.24. The Kier molecular flexibility index (Phi) is 3.41. The summed E-state index contributed by atoms with van der Waals surface area (Å²) < 4.78 is 12.3. The predicted octanol–water partition coefficient (Wildman–Crippen LogP) is 2.05. The standard InChI is InChI=1S/C17H16N4O3/c1-23-11-3-4-12(16(7-11)24-2)10-5-14-13(15(22)6-10)8-21-17(20-14)18-9-19-21/h3-4,7-10H,5-6H2,1-2H3. The maximum Gasteiger partial charge on any atom is 0.252 e. The summed E-state index contributed by atoms with van der Waals surface area (Å²) in [5, 5.41) is 4.04. The molecule has 4 rings (SSSR count). The Hall–Kier alpha value is -2.96. The molecular weight excluding hydrogens is 308 g/mol. The Morgan fingerprint density at radius 3 is 2.88 bits per heavy atom. The van der Waals surface area contributed by atoms with Crippen LogP contribution in [0.3, 0.4) is 0 Å². The second kappa shape index (κ2) is 5.59. The van der Waals surface area contributed by atoms with Gasteiger partial charge in [0.1, 0.15) is 17.8 Å². The number of ether oxygens (including phenoxy) is 2. The van der Waals surface area contributed by atoms with Crippen LogP contribution in [-0.2, 0) is 6.42 Å². The molecule has 122 valence electrons. The zero-order valence-electron chi connectivity index (χ0n) is 13.4. The van der Waals surface area contributed by atoms with Gasteiger partial charge in [-0.3, -0.25) is 4.79 Å². The number of carbonyl (C=O) groups is 1. The quantitative estimate of drug-likeness (QED) is 0.734. The molecule has 1 unspecified atom stereocenters. The second-order valence-electron chi connectivity index (χ2n) is 5.74. The number of rotatable bonds is 3. The van der Waals surface area contributed by atoms with E-state index in [1.165, 1.54) is 10.8 Å². The van der Waals surface area contributed by atoms with Gasteiger partial charge in [-0.05, 0) is 18.1 Å². The van der Waals surface area contributed by atoms with Crippen molar-refractivity contribution in [2.24, 2.45) is 0 Å². The maximum atomic E-state index is 12.6. The molecule has 7 heteroatoms. The molecule has 0 radical (unpaired) electrons. The first kappa shape index (κ1) is 14.6. The summed E-state index contributed by atoms with van der Waals surface area (Å²) in [6, 6.07) is 5.67. The Balaban J connectivity index is 1.75. The number of methoxy groups -OCH3 is 2. The minimum atomic E-state index is 0.0173. The number of ketones is 1. The maximum absolute atomic E-state index is 12.6. The van der Waals surface area contributed by atoms with Gasteiger partial charge in [-0.1, -0.05) is 6.07 Å². The summed E-state index contributed by atoms with van der Waals surface area (Å²) in [6.07, 6.45) is 4.22. The van der Waals surface area contributed by atoms with Crippen molar-refractivity contribution in [2.45, 2.75) is 18.8 Å². The SMILES string of the molecule is COc1ccc(C2CC(=O)c3cn4ncnc4nc3C2)c(OC)c1. The highest BCUT2D eigenvalue weighted by Gasteiger charge is 2.30. The van der Waals surface area contributed by atoms with Crippen molar-refractivity contribution in [1.29, 1.82) is 0 Å². The van der Waals surface area contributed by atoms with Gasteiger partial charge in [0.2, 0.25) is 0 Å². The molecule has 1 aliphatic carbocycles. The topological polar surface area (TPSA) is 78.6 Å². The lowest BCUT2D eigenvalue weighted by Crippen LogP contribution is -2.21. The van der Waals surface area contributed by atoms with Crippen molar-refractivity contribution in [1.82, 2.24) is 19.6 Å². The predicted molar refractivity (Wildman–Crippen MR) is 85.7 cm³/mol. The zero-order chi connectivity index (χ0) is 16.7. The van der Waals surface area contributed by atoms with Crippen molar-refractivity contribution >= 4 is 11.6 Å². The van der Waals surface area contributed by atoms with Gasteiger partial charge in [-0.2, -0.15) is 10.1 Å². The highest BCUT2D eigenvalue weighted by atomic mass is 16.5. The Morgan fingerprint density at radius 2 is 2.08 bits per heavy atom. The molecule has 0 fully saturated rings. The van der Waals surface area contributed by atoms with Gasteiger partial charge in [-0.25, -0.2) is 9.50 Å². The highest BCUT2D eigenvalue weighted by molar-refractivity contribution is 5.98. The number of benzene rings is 1. The summed E-state index contributed by atoms with van der Waals surface area (Å²) in [7, 11) is 3.23. The third-order valence-electron chi connectivity index (χ3n) is 4.40. The van der Waals surface area contributed by atoms with Crippen LogP contribution in [0.2, 0.25) is 0 Å². The van der Waals surface area contributed by atoms with Crippen molar-refractivity contribution in [3.8, 4) is 11.5 Å². The number of nitrogens with zero attached hydrogens (tertiary/aromatic N) is 4. The van der Waals surface area contributed by atoms with E-state index in [-0.39, 0.29) is 11.7 Å². The van der Waals surface area contributed by atoms with Gasteiger partial charge in [0.05, 0.1) is 25.5 Å². The third kappa shape index (κ3) is 2.29. The molecule has 0 saturated heterocycles. The van der Waals surface area contributed by atoms with Crippen LogP contribution in [0.1, 0.15) is 34.0 Å². The summed E-state index contributed by atoms with van der Waals surface area (Å²) >= 11 is 0. The van der Waals surface area contributed by atoms with Gasteiger partial charge >= 0.3 is 0 Å². The molecule has 0 saturated carbocycles. The Bertz CT molecular complexity index is 935. The van der Waals surface area contributed by atoms with E-state index in [0.717, 1.165) is 22.8 Å². The molecular formula is C17H16N4O3. The van der Waals surface area contributed by atoms with Crippen LogP contribution >= 0.6 is 0 Å². The van der Waals surface area contributed by atoms with Gasteiger partial charge in [0, 0.05) is 24.6 Å². The molecule has 0 aliphatic heterocycles. The number of hydrogen-bond donors (Lipinski definition) is 0. The molecule has 1 atom stereocenters. The summed E-state index contributed by atoms with van der Waals surface area (Å²) in [4.78, 5) is 21.2. The first-order valence-corrected chi connectivity index (χ1v) is 7.64. The van der Waals surface area contributed by atoms with Crippen molar-refractivity contribution in [2.75, 3.05) is 14.2 Å². The van der Waals surface area contributed by atoms with Gasteiger partial charge in [0.25, 0.3) is 5.78 Å². The molecule has 0 bridgehead atoms. The normalized spacial score (nSPS) is 16.9. The van der Waals surface area contributed by atoms with E-state index in [9.17, 15) is 4.79 Å². The van der Waals surface area contributed by atoms with E-state index < -0.39 is 0 Å². The highest BCUT2D eigenvalue weighted by Crippen LogP contribution is 2.38. The molecule has 2 aromatic heterocycles. The van der Waals surface area contributed by atoms with Gasteiger partial charge in [0.15, 0.2) is 5.78 Å². The second-order valence-corrected chi connectivity index (χ2v) is 5.74. The summed E-state index contributed by atoms with van der Waals surface area (Å²) in [6.45, 7) is 0. The van der Waals surface area contributed by atoms with E-state index in [4.69, 9.17) is 9.47 Å². The van der Waals surface area contributed by atoms with Crippen molar-refractivity contribution in [3.63, 3.8) is 0 Å². The molecule has 0 spiro atoms. The Labute approximate surface area is 138 Å². The van der Waals surface area contributed by atoms with Crippen LogP contribution in [0.15, 0.2) is 30.7 Å². The summed E-state index contributed by atoms with van der Waals surface area (Å²) in [5.41, 5.74) is 2.37. The first-order valence-electron chi connectivity index (χ1n) is 7.64. The van der Waals surface area contributed by atoms with E-state index in [1.807, 2.05) is 18.2 Å². The molecule has 2 heterocycles. The summed E-state index contributed by atoms with van der Waals surface area (Å²) in [5.74, 6) is 2.03. The molecule has 3 aromatic rings. The number of aromatic nitrogens is 4. The molecule has 1 aromatic carbocycles. The van der Waals surface area contributed by atoms with Gasteiger partial charge in [-0.15, -0.1) is 0 Å². The van der Waals surface area contributed by atoms with E-state index >= 15 is 0 Å². The van der Waals surface area contributed by atoms with Crippen LogP contribution < -0.4 is 9.47 Å². The van der Waals surface area contributed by atoms with Crippen molar-refractivity contribution in [3.05, 3.63) is 47.5 Å². The van der Waals surface area contributed by atoms with Crippen LogP contribution in [0.4, 0.5) is 0 Å². The minimum absolute atomic E-state index is 0.0173. The monoisotopic (exact) mass is 324 g/mol. The van der Waals surface area contributed by atoms with Crippen LogP contribution in [0.5, 0.6) is 11.5 Å². The van der Waals surface area contributed by atoms with E-state index in [1.54, 1.807) is 20.4 Å². The zero-order valence-corrected chi connectivity index (χ0v) is 13.4. The molecule has 7 nitrogen and oxygen atoms in total. The van der Waals surface area contributed by atoms with Crippen molar-refractivity contribution < 1.29 is 14.3 Å². The average molecular weight is 324 g/mol. The van der Waals surface area contributed by atoms with Crippen LogP contribution in [0.25, 0.3) is 5.78 Å². The molecule has 0 N–H and O–H groups in total. The smallest absolute Gasteiger partial charge is 0.252 e. The van der Waals surface area contributed by atoms with E-state index in [2.05, 4.69) is 15.1 Å². The largest absolute Gasteiger partial charge is 0.497 e.